The predicted octanol–water partition coefficient (Wildman–Crippen LogP) is 5.14. The normalized spacial score (nSPS) is 10.9. The van der Waals surface area contributed by atoms with Crippen LogP contribution in [0.5, 0.6) is 11.5 Å². The minimum Gasteiger partial charge on any atom is -0.480 e. The van der Waals surface area contributed by atoms with Crippen LogP contribution >= 0.6 is 0 Å². The van der Waals surface area contributed by atoms with E-state index in [4.69, 9.17) is 4.74 Å². The number of ether oxygens (including phenoxy) is 1. The van der Waals surface area contributed by atoms with E-state index in [1.807, 2.05) is 60.7 Å². The molecule has 5 heteroatoms. The van der Waals surface area contributed by atoms with Gasteiger partial charge >= 0.3 is 5.97 Å². The van der Waals surface area contributed by atoms with E-state index >= 15 is 0 Å². The van der Waals surface area contributed by atoms with Crippen molar-refractivity contribution in [1.82, 2.24) is 9.55 Å². The number of carboxylic acids is 1. The Labute approximate surface area is 162 Å². The molecule has 1 aromatic heterocycles. The van der Waals surface area contributed by atoms with E-state index in [0.29, 0.717) is 11.6 Å². The van der Waals surface area contributed by atoms with E-state index < -0.39 is 5.97 Å². The molecule has 0 saturated carbocycles. The number of carbonyl (C=O) groups is 1. The summed E-state index contributed by atoms with van der Waals surface area (Å²) < 4.78 is 7.62. The maximum absolute atomic E-state index is 11.3. The first-order valence-electron chi connectivity index (χ1n) is 9.18. The SMILES string of the molecule is CCc1ccc(Oc2ccc(-c3nc4ccccc4n3CC(=O)O)cc2)cc1. The third-order valence-corrected chi connectivity index (χ3v) is 4.63. The lowest BCUT2D eigenvalue weighted by Gasteiger charge is -2.09. The van der Waals surface area contributed by atoms with Crippen LogP contribution in [0.1, 0.15) is 12.5 Å². The molecule has 0 saturated heterocycles. The first-order valence-corrected chi connectivity index (χ1v) is 9.18. The highest BCUT2D eigenvalue weighted by molar-refractivity contribution is 5.82. The molecule has 0 aliphatic heterocycles. The van der Waals surface area contributed by atoms with E-state index in [9.17, 15) is 9.90 Å². The molecule has 5 nitrogen and oxygen atoms in total. The quantitative estimate of drug-likeness (QED) is 0.509. The molecule has 28 heavy (non-hydrogen) atoms. The number of aliphatic carboxylic acids is 1. The largest absolute Gasteiger partial charge is 0.480 e. The highest BCUT2D eigenvalue weighted by atomic mass is 16.5. The Morgan fingerprint density at radius 2 is 1.61 bits per heavy atom. The Balaban J connectivity index is 1.64. The summed E-state index contributed by atoms with van der Waals surface area (Å²) in [5.74, 6) is 1.22. The maximum atomic E-state index is 11.3. The molecule has 1 heterocycles. The summed E-state index contributed by atoms with van der Waals surface area (Å²) in [6.45, 7) is 1.98. The number of aromatic nitrogens is 2. The van der Waals surface area contributed by atoms with Gasteiger partial charge in [0.2, 0.25) is 0 Å². The van der Waals surface area contributed by atoms with Gasteiger partial charge in [0, 0.05) is 5.56 Å². The van der Waals surface area contributed by atoms with Crippen molar-refractivity contribution in [1.29, 1.82) is 0 Å². The van der Waals surface area contributed by atoms with Gasteiger partial charge in [-0.3, -0.25) is 4.79 Å². The summed E-state index contributed by atoms with van der Waals surface area (Å²) in [4.78, 5) is 16.0. The molecule has 0 amide bonds. The molecule has 4 aromatic rings. The Morgan fingerprint density at radius 1 is 0.964 bits per heavy atom. The van der Waals surface area contributed by atoms with Gasteiger partial charge in [0.15, 0.2) is 0 Å². The lowest BCUT2D eigenvalue weighted by atomic mass is 10.2. The van der Waals surface area contributed by atoms with E-state index in [2.05, 4.69) is 24.0 Å². The van der Waals surface area contributed by atoms with Crippen molar-refractivity contribution >= 4 is 17.0 Å². The van der Waals surface area contributed by atoms with Crippen LogP contribution in [0.25, 0.3) is 22.4 Å². The Hall–Kier alpha value is -3.60. The number of nitrogens with zero attached hydrogens (tertiary/aromatic N) is 2. The van der Waals surface area contributed by atoms with Crippen molar-refractivity contribution in [2.24, 2.45) is 0 Å². The Kier molecular flexibility index (Phi) is 4.81. The molecule has 0 spiro atoms. The van der Waals surface area contributed by atoms with Crippen LogP contribution < -0.4 is 4.74 Å². The van der Waals surface area contributed by atoms with Gasteiger partial charge in [-0.25, -0.2) is 4.98 Å². The standard InChI is InChI=1S/C23H20N2O3/c1-2-16-7-11-18(12-8-16)28-19-13-9-17(10-14-19)23-24-20-5-3-4-6-21(20)25(23)15-22(26)27/h3-14H,2,15H2,1H3,(H,26,27). The summed E-state index contributed by atoms with van der Waals surface area (Å²) in [6.07, 6.45) is 0.992. The fourth-order valence-corrected chi connectivity index (χ4v) is 3.19. The van der Waals surface area contributed by atoms with Gasteiger partial charge in [-0.2, -0.15) is 0 Å². The van der Waals surface area contributed by atoms with Crippen molar-refractivity contribution in [2.75, 3.05) is 0 Å². The number of aryl methyl sites for hydroxylation is 1. The van der Waals surface area contributed by atoms with Gasteiger partial charge in [-0.15, -0.1) is 0 Å². The number of rotatable bonds is 6. The smallest absolute Gasteiger partial charge is 0.323 e. The van der Waals surface area contributed by atoms with Crippen LogP contribution in [0.3, 0.4) is 0 Å². The molecule has 0 radical (unpaired) electrons. The predicted molar refractivity (Wildman–Crippen MR) is 109 cm³/mol. The second-order valence-corrected chi connectivity index (χ2v) is 6.53. The molecule has 1 N–H and O–H groups in total. The zero-order valence-corrected chi connectivity index (χ0v) is 15.5. The van der Waals surface area contributed by atoms with E-state index in [1.54, 1.807) is 4.57 Å². The number of benzene rings is 3. The van der Waals surface area contributed by atoms with Gasteiger partial charge in [-0.05, 0) is 60.5 Å². The van der Waals surface area contributed by atoms with Crippen LogP contribution in [0, 0.1) is 0 Å². The average Bonchev–Trinajstić information content (AvgIpc) is 3.07. The van der Waals surface area contributed by atoms with Crippen molar-refractivity contribution in [2.45, 2.75) is 19.9 Å². The Morgan fingerprint density at radius 3 is 2.25 bits per heavy atom. The minimum atomic E-state index is -0.903. The number of carboxylic acid groups (broad SMARTS) is 1. The van der Waals surface area contributed by atoms with Crippen molar-refractivity contribution in [3.05, 3.63) is 78.4 Å². The lowest BCUT2D eigenvalue weighted by molar-refractivity contribution is -0.137. The fraction of sp³-hybridized carbons (Fsp3) is 0.130. The lowest BCUT2D eigenvalue weighted by Crippen LogP contribution is -2.09. The third-order valence-electron chi connectivity index (χ3n) is 4.63. The highest BCUT2D eigenvalue weighted by Crippen LogP contribution is 2.28. The van der Waals surface area contributed by atoms with Crippen molar-refractivity contribution < 1.29 is 14.6 Å². The van der Waals surface area contributed by atoms with E-state index in [-0.39, 0.29) is 6.54 Å². The first kappa shape index (κ1) is 17.8. The summed E-state index contributed by atoms with van der Waals surface area (Å²) >= 11 is 0. The minimum absolute atomic E-state index is 0.141. The molecule has 3 aromatic carbocycles. The molecule has 0 aliphatic rings. The second kappa shape index (κ2) is 7.56. The molecular formula is C23H20N2O3. The summed E-state index contributed by atoms with van der Waals surface area (Å²) in [6, 6.07) is 23.1. The van der Waals surface area contributed by atoms with Crippen LogP contribution in [0.15, 0.2) is 72.8 Å². The third kappa shape index (κ3) is 3.60. The van der Waals surface area contributed by atoms with Crippen LogP contribution in [0.2, 0.25) is 0 Å². The van der Waals surface area contributed by atoms with E-state index in [1.165, 1.54) is 5.56 Å². The van der Waals surface area contributed by atoms with Gasteiger partial charge in [0.05, 0.1) is 11.0 Å². The molecule has 0 unspecified atom stereocenters. The van der Waals surface area contributed by atoms with Gasteiger partial charge < -0.3 is 14.4 Å². The topological polar surface area (TPSA) is 64.4 Å². The van der Waals surface area contributed by atoms with Crippen molar-refractivity contribution in [3.8, 4) is 22.9 Å². The number of imidazole rings is 1. The fourth-order valence-electron chi connectivity index (χ4n) is 3.19. The number of hydrogen-bond donors (Lipinski definition) is 1. The number of hydrogen-bond acceptors (Lipinski definition) is 3. The zero-order valence-electron chi connectivity index (χ0n) is 15.5. The molecule has 0 bridgehead atoms. The zero-order chi connectivity index (χ0) is 19.5. The van der Waals surface area contributed by atoms with Gasteiger partial charge in [0.1, 0.15) is 23.9 Å². The molecule has 140 valence electrons. The van der Waals surface area contributed by atoms with E-state index in [0.717, 1.165) is 28.8 Å². The van der Waals surface area contributed by atoms with Crippen LogP contribution in [0.4, 0.5) is 0 Å². The summed E-state index contributed by atoms with van der Waals surface area (Å²) in [7, 11) is 0. The van der Waals surface area contributed by atoms with Crippen molar-refractivity contribution in [3.63, 3.8) is 0 Å². The van der Waals surface area contributed by atoms with Gasteiger partial charge in [0.25, 0.3) is 0 Å². The monoisotopic (exact) mass is 372 g/mol. The van der Waals surface area contributed by atoms with Gasteiger partial charge in [-0.1, -0.05) is 31.2 Å². The number of fused-ring (bicyclic) bond motifs is 1. The maximum Gasteiger partial charge on any atom is 0.323 e. The highest BCUT2D eigenvalue weighted by Gasteiger charge is 2.14. The van der Waals surface area contributed by atoms with Crippen LogP contribution in [-0.4, -0.2) is 20.6 Å². The first-order chi connectivity index (χ1) is 13.6. The molecule has 0 aliphatic carbocycles. The number of para-hydroxylation sites is 2. The molecule has 0 atom stereocenters. The Bertz CT molecular complexity index is 1110. The summed E-state index contributed by atoms with van der Waals surface area (Å²) in [5, 5.41) is 9.29. The average molecular weight is 372 g/mol. The molecular weight excluding hydrogens is 352 g/mol. The van der Waals surface area contributed by atoms with Crippen LogP contribution in [-0.2, 0) is 17.8 Å². The molecule has 4 rings (SSSR count). The summed E-state index contributed by atoms with van der Waals surface area (Å²) in [5.41, 5.74) is 3.68. The second-order valence-electron chi connectivity index (χ2n) is 6.53. The molecule has 0 fully saturated rings.